The monoisotopic (exact) mass is 508 g/mol. The molecule has 27 heavy (non-hydrogen) atoms. The molecule has 1 saturated heterocycles. The first kappa shape index (κ1) is 24.0. The second kappa shape index (κ2) is 13.2. The average molecular weight is 509 g/mol. The first-order valence-electron chi connectivity index (χ1n) is 9.13. The Bertz CT molecular complexity index is 590. The van der Waals surface area contributed by atoms with Crippen LogP contribution in [0.4, 0.5) is 0 Å². The minimum Gasteiger partial charge on any atom is -0.376 e. The molecule has 1 atom stereocenters. The highest BCUT2D eigenvalue weighted by molar-refractivity contribution is 14.0. The lowest BCUT2D eigenvalue weighted by molar-refractivity contribution is -0.127. The Kier molecular flexibility index (Phi) is 11.7. The zero-order valence-electron chi connectivity index (χ0n) is 16.0. The minimum atomic E-state index is -0.0299. The number of carbonyl (C=O) groups is 1. The first-order valence-corrected chi connectivity index (χ1v) is 9.51. The summed E-state index contributed by atoms with van der Waals surface area (Å²) in [6.07, 6.45) is 4.44. The van der Waals surface area contributed by atoms with Gasteiger partial charge in [-0.1, -0.05) is 23.7 Å². The second-order valence-corrected chi connectivity index (χ2v) is 7.06. The largest absolute Gasteiger partial charge is 0.376 e. The molecule has 0 aromatic heterocycles. The fraction of sp³-hybridized carbons (Fsp3) is 0.579. The smallest absolute Gasteiger partial charge is 0.243 e. The van der Waals surface area contributed by atoms with Gasteiger partial charge in [0.25, 0.3) is 0 Å². The molecule has 2 N–H and O–H groups in total. The molecule has 8 heteroatoms. The molecular formula is C19H30ClIN4O2. The van der Waals surface area contributed by atoms with Crippen molar-refractivity contribution in [3.05, 3.63) is 34.9 Å². The van der Waals surface area contributed by atoms with Gasteiger partial charge in [0.05, 0.1) is 6.10 Å². The van der Waals surface area contributed by atoms with E-state index in [1.165, 1.54) is 12.0 Å². The number of likely N-dealkylation sites (N-methyl/N-ethyl adjacent to an activating group) is 1. The van der Waals surface area contributed by atoms with Gasteiger partial charge in [0.15, 0.2) is 5.96 Å². The Balaban J connectivity index is 0.00000364. The highest BCUT2D eigenvalue weighted by atomic mass is 127. The van der Waals surface area contributed by atoms with E-state index in [2.05, 4.69) is 15.6 Å². The molecule has 152 valence electrons. The Hall–Kier alpha value is -1.06. The molecule has 1 aliphatic heterocycles. The van der Waals surface area contributed by atoms with Gasteiger partial charge >= 0.3 is 0 Å². The van der Waals surface area contributed by atoms with E-state index in [1.807, 2.05) is 24.3 Å². The molecule has 1 aromatic rings. The topological polar surface area (TPSA) is 66.0 Å². The molecule has 1 aromatic carbocycles. The lowest BCUT2D eigenvalue weighted by atomic mass is 10.1. The van der Waals surface area contributed by atoms with Crippen LogP contribution in [0.25, 0.3) is 0 Å². The predicted molar refractivity (Wildman–Crippen MR) is 121 cm³/mol. The number of guanidine groups is 1. The van der Waals surface area contributed by atoms with Crippen molar-refractivity contribution in [1.29, 1.82) is 0 Å². The number of hydrogen-bond acceptors (Lipinski definition) is 3. The van der Waals surface area contributed by atoms with Crippen LogP contribution < -0.4 is 10.6 Å². The Labute approximate surface area is 184 Å². The summed E-state index contributed by atoms with van der Waals surface area (Å²) in [5.41, 5.74) is 1.20. The molecule has 0 spiro atoms. The Morgan fingerprint density at radius 3 is 2.63 bits per heavy atom. The van der Waals surface area contributed by atoms with Gasteiger partial charge in [-0.3, -0.25) is 4.79 Å². The predicted octanol–water partition coefficient (Wildman–Crippen LogP) is 2.69. The summed E-state index contributed by atoms with van der Waals surface area (Å²) in [5.74, 6) is 0.612. The van der Waals surface area contributed by atoms with Crippen LogP contribution in [0.1, 0.15) is 24.8 Å². The van der Waals surface area contributed by atoms with E-state index in [4.69, 9.17) is 16.3 Å². The molecular weight excluding hydrogens is 479 g/mol. The fourth-order valence-corrected chi connectivity index (χ4v) is 2.74. The maximum atomic E-state index is 11.8. The van der Waals surface area contributed by atoms with Crippen molar-refractivity contribution in [3.63, 3.8) is 0 Å². The Morgan fingerprint density at radius 2 is 2.00 bits per heavy atom. The van der Waals surface area contributed by atoms with Crippen LogP contribution in [0, 0.1) is 0 Å². The fourth-order valence-electron chi connectivity index (χ4n) is 2.62. The maximum Gasteiger partial charge on any atom is 0.243 e. The molecule has 1 amide bonds. The first-order chi connectivity index (χ1) is 12.5. The molecule has 1 aliphatic rings. The third-order valence-electron chi connectivity index (χ3n) is 4.26. The van der Waals surface area contributed by atoms with E-state index in [-0.39, 0.29) is 42.5 Å². The van der Waals surface area contributed by atoms with E-state index in [1.54, 1.807) is 19.0 Å². The van der Waals surface area contributed by atoms with Crippen LogP contribution in [0.15, 0.2) is 29.3 Å². The number of carbonyl (C=O) groups excluding carboxylic acids is 1. The quantitative estimate of drug-likeness (QED) is 0.338. The molecule has 0 aliphatic carbocycles. The lowest BCUT2D eigenvalue weighted by Crippen LogP contribution is -2.43. The van der Waals surface area contributed by atoms with Crippen LogP contribution in [-0.2, 0) is 16.0 Å². The van der Waals surface area contributed by atoms with Crippen LogP contribution in [0.5, 0.6) is 0 Å². The van der Waals surface area contributed by atoms with Gasteiger partial charge in [-0.15, -0.1) is 24.0 Å². The minimum absolute atomic E-state index is 0. The number of nitrogens with zero attached hydrogens (tertiary/aromatic N) is 2. The van der Waals surface area contributed by atoms with Gasteiger partial charge in [-0.05, 0) is 43.4 Å². The molecule has 2 rings (SSSR count). The summed E-state index contributed by atoms with van der Waals surface area (Å²) in [6, 6.07) is 7.81. The summed E-state index contributed by atoms with van der Waals surface area (Å²) in [7, 11) is 3.46. The van der Waals surface area contributed by atoms with Crippen molar-refractivity contribution in [2.45, 2.75) is 31.8 Å². The third-order valence-corrected chi connectivity index (χ3v) is 4.51. The van der Waals surface area contributed by atoms with Crippen molar-refractivity contribution in [1.82, 2.24) is 15.5 Å². The lowest BCUT2D eigenvalue weighted by Gasteiger charge is -2.24. The maximum absolute atomic E-state index is 11.8. The van der Waals surface area contributed by atoms with Crippen molar-refractivity contribution >= 4 is 47.4 Å². The number of rotatable bonds is 7. The molecule has 6 nitrogen and oxygen atoms in total. The number of hydrogen-bond donors (Lipinski definition) is 2. The summed E-state index contributed by atoms with van der Waals surface area (Å²) >= 11 is 5.92. The number of ether oxygens (including phenoxy) is 1. The van der Waals surface area contributed by atoms with Gasteiger partial charge in [0, 0.05) is 38.8 Å². The molecule has 0 saturated carbocycles. The van der Waals surface area contributed by atoms with Crippen molar-refractivity contribution in [2.75, 3.05) is 40.3 Å². The summed E-state index contributed by atoms with van der Waals surface area (Å²) < 4.78 is 5.74. The zero-order chi connectivity index (χ0) is 18.8. The molecule has 1 fully saturated rings. The molecule has 0 bridgehead atoms. The summed E-state index contributed by atoms with van der Waals surface area (Å²) in [5, 5.41) is 7.33. The van der Waals surface area contributed by atoms with Crippen molar-refractivity contribution < 1.29 is 9.53 Å². The highest BCUT2D eigenvalue weighted by Crippen LogP contribution is 2.11. The number of nitrogens with one attached hydrogen (secondary N) is 2. The molecule has 1 heterocycles. The van der Waals surface area contributed by atoms with Gasteiger partial charge in [0.2, 0.25) is 5.91 Å². The van der Waals surface area contributed by atoms with E-state index in [0.29, 0.717) is 12.5 Å². The van der Waals surface area contributed by atoms with Crippen molar-refractivity contribution in [2.24, 2.45) is 4.99 Å². The number of halogens is 2. The highest BCUT2D eigenvalue weighted by Gasteiger charge is 2.14. The summed E-state index contributed by atoms with van der Waals surface area (Å²) in [4.78, 5) is 17.7. The molecule has 0 radical (unpaired) electrons. The third kappa shape index (κ3) is 9.62. The van der Waals surface area contributed by atoms with Gasteiger partial charge in [-0.2, -0.15) is 0 Å². The number of benzene rings is 1. The van der Waals surface area contributed by atoms with Gasteiger partial charge < -0.3 is 20.3 Å². The van der Waals surface area contributed by atoms with Crippen LogP contribution in [0.3, 0.4) is 0 Å². The van der Waals surface area contributed by atoms with E-state index in [9.17, 15) is 4.79 Å². The molecule has 1 unspecified atom stereocenters. The SMILES string of the molecule is CN(C)C(=O)CN=C(NCCc1ccc(Cl)cc1)NCC1CCCCO1.I. The van der Waals surface area contributed by atoms with E-state index >= 15 is 0 Å². The van der Waals surface area contributed by atoms with E-state index < -0.39 is 0 Å². The van der Waals surface area contributed by atoms with Gasteiger partial charge in [0.1, 0.15) is 6.54 Å². The van der Waals surface area contributed by atoms with Crippen molar-refractivity contribution in [3.8, 4) is 0 Å². The summed E-state index contributed by atoms with van der Waals surface area (Å²) in [6.45, 7) is 2.36. The van der Waals surface area contributed by atoms with Crippen LogP contribution in [0.2, 0.25) is 5.02 Å². The normalized spacial score (nSPS) is 17.0. The standard InChI is InChI=1S/C19H29ClN4O2.HI/c1-24(2)18(25)14-23-19(22-13-17-5-3-4-12-26-17)21-11-10-15-6-8-16(20)9-7-15;/h6-9,17H,3-5,10-14H2,1-2H3,(H2,21,22,23);1H. The van der Waals surface area contributed by atoms with Crippen LogP contribution >= 0.6 is 35.6 Å². The number of aliphatic imine (C=N–C) groups is 1. The number of amides is 1. The second-order valence-electron chi connectivity index (χ2n) is 6.63. The van der Waals surface area contributed by atoms with Gasteiger partial charge in [-0.25, -0.2) is 4.99 Å². The van der Waals surface area contributed by atoms with E-state index in [0.717, 1.165) is 37.4 Å². The Morgan fingerprint density at radius 1 is 1.26 bits per heavy atom. The van der Waals surface area contributed by atoms with Crippen LogP contribution in [-0.4, -0.2) is 63.2 Å². The zero-order valence-corrected chi connectivity index (χ0v) is 19.1. The average Bonchev–Trinajstić information content (AvgIpc) is 2.65.